The molecule has 0 atom stereocenters. The van der Waals surface area contributed by atoms with Crippen molar-refractivity contribution < 1.29 is 5.11 Å². The molecule has 0 unspecified atom stereocenters. The van der Waals surface area contributed by atoms with E-state index >= 15 is 0 Å². The molecule has 0 aliphatic heterocycles. The van der Waals surface area contributed by atoms with Crippen molar-refractivity contribution in [3.63, 3.8) is 0 Å². The third kappa shape index (κ3) is 1.95. The summed E-state index contributed by atoms with van der Waals surface area (Å²) < 4.78 is 0. The van der Waals surface area contributed by atoms with Crippen LogP contribution in [-0.2, 0) is 0 Å². The molecule has 0 aliphatic rings. The highest BCUT2D eigenvalue weighted by Gasteiger charge is 1.82. The van der Waals surface area contributed by atoms with E-state index in [4.69, 9.17) is 5.11 Å². The fourth-order valence-electron chi connectivity index (χ4n) is 0.555. The molecule has 52 valence electrons. The second-order valence-corrected chi connectivity index (χ2v) is 1.69. The number of aromatic nitrogens is 2. The minimum atomic E-state index is 0.0260. The van der Waals surface area contributed by atoms with E-state index in [-0.39, 0.29) is 6.61 Å². The average Bonchev–Trinajstić information content (AvgIpc) is 2.03. The first-order valence-corrected chi connectivity index (χ1v) is 2.98. The fraction of sp³-hybridized carbons (Fsp3) is 0.143. The van der Waals surface area contributed by atoms with Crippen LogP contribution in [0.2, 0.25) is 0 Å². The molecule has 1 aromatic rings. The largest absolute Gasteiger partial charge is 0.392 e. The highest BCUT2D eigenvalue weighted by atomic mass is 16.2. The molecule has 0 aliphatic carbocycles. The van der Waals surface area contributed by atoms with Gasteiger partial charge in [-0.05, 0) is 12.1 Å². The monoisotopic (exact) mass is 136 g/mol. The third-order valence-corrected chi connectivity index (χ3v) is 0.958. The molecule has 0 amide bonds. The van der Waals surface area contributed by atoms with Crippen molar-refractivity contribution in [1.29, 1.82) is 0 Å². The van der Waals surface area contributed by atoms with Crippen LogP contribution in [0.1, 0.15) is 5.82 Å². The summed E-state index contributed by atoms with van der Waals surface area (Å²) in [5, 5.41) is 8.39. The van der Waals surface area contributed by atoms with Crippen LogP contribution in [0.25, 0.3) is 6.08 Å². The van der Waals surface area contributed by atoms with Crippen LogP contribution in [0.3, 0.4) is 0 Å². The Bertz CT molecular complexity index is 208. The predicted octanol–water partition coefficient (Wildman–Crippen LogP) is 0.482. The highest BCUT2D eigenvalue weighted by Crippen LogP contribution is 1.89. The molecule has 3 heteroatoms. The summed E-state index contributed by atoms with van der Waals surface area (Å²) in [6.07, 6.45) is 6.57. The molecule has 1 rings (SSSR count). The van der Waals surface area contributed by atoms with Crippen LogP contribution in [0.4, 0.5) is 0 Å². The molecule has 0 spiro atoms. The van der Waals surface area contributed by atoms with Crippen molar-refractivity contribution in [3.05, 3.63) is 30.4 Å². The number of rotatable bonds is 2. The Morgan fingerprint density at radius 2 is 2.10 bits per heavy atom. The first-order chi connectivity index (χ1) is 4.93. The van der Waals surface area contributed by atoms with Gasteiger partial charge in [0.25, 0.3) is 0 Å². The van der Waals surface area contributed by atoms with Crippen molar-refractivity contribution >= 4 is 6.08 Å². The van der Waals surface area contributed by atoms with Gasteiger partial charge in [-0.1, -0.05) is 6.08 Å². The van der Waals surface area contributed by atoms with Crippen LogP contribution in [0, 0.1) is 0 Å². The minimum Gasteiger partial charge on any atom is -0.392 e. The lowest BCUT2D eigenvalue weighted by Crippen LogP contribution is -1.83. The van der Waals surface area contributed by atoms with Gasteiger partial charge in [-0.2, -0.15) is 0 Å². The summed E-state index contributed by atoms with van der Waals surface area (Å²) in [7, 11) is 0. The van der Waals surface area contributed by atoms with Gasteiger partial charge in [0.2, 0.25) is 0 Å². The molecule has 10 heavy (non-hydrogen) atoms. The Labute approximate surface area is 59.1 Å². The molecule has 0 radical (unpaired) electrons. The number of aliphatic hydroxyl groups excluding tert-OH is 1. The lowest BCUT2D eigenvalue weighted by atomic mass is 10.5. The molecule has 0 saturated carbocycles. The Balaban J connectivity index is 2.67. The summed E-state index contributed by atoms with van der Waals surface area (Å²) in [5.74, 6) is 0.622. The zero-order chi connectivity index (χ0) is 7.23. The summed E-state index contributed by atoms with van der Waals surface area (Å²) in [6.45, 7) is 0.0260. The van der Waals surface area contributed by atoms with Crippen LogP contribution < -0.4 is 0 Å². The molecular weight excluding hydrogens is 128 g/mol. The predicted molar refractivity (Wildman–Crippen MR) is 38.2 cm³/mol. The van der Waals surface area contributed by atoms with Crippen molar-refractivity contribution in [2.45, 2.75) is 0 Å². The first kappa shape index (κ1) is 6.89. The number of nitrogens with zero attached hydrogens (tertiary/aromatic N) is 2. The zero-order valence-corrected chi connectivity index (χ0v) is 5.44. The van der Waals surface area contributed by atoms with Gasteiger partial charge < -0.3 is 5.11 Å². The topological polar surface area (TPSA) is 46.0 Å². The van der Waals surface area contributed by atoms with E-state index < -0.39 is 0 Å². The first-order valence-electron chi connectivity index (χ1n) is 2.98. The number of hydrogen-bond acceptors (Lipinski definition) is 3. The standard InChI is InChI=1S/C7H8N2O/c10-6-1-3-7-8-4-2-5-9-7/h1-5,10H,6H2/b3-1+. The molecule has 3 nitrogen and oxygen atoms in total. The van der Waals surface area contributed by atoms with Gasteiger partial charge in [0, 0.05) is 12.4 Å². The van der Waals surface area contributed by atoms with Gasteiger partial charge in [0.05, 0.1) is 6.61 Å². The Kier molecular flexibility index (Phi) is 2.58. The quantitative estimate of drug-likeness (QED) is 0.643. The second-order valence-electron chi connectivity index (χ2n) is 1.69. The van der Waals surface area contributed by atoms with Gasteiger partial charge in [-0.25, -0.2) is 9.97 Å². The van der Waals surface area contributed by atoms with Crippen molar-refractivity contribution in [3.8, 4) is 0 Å². The van der Waals surface area contributed by atoms with Gasteiger partial charge >= 0.3 is 0 Å². The molecule has 0 aromatic carbocycles. The van der Waals surface area contributed by atoms with Crippen LogP contribution in [-0.4, -0.2) is 21.7 Å². The number of hydrogen-bond donors (Lipinski definition) is 1. The second kappa shape index (κ2) is 3.74. The maximum atomic E-state index is 8.39. The van der Waals surface area contributed by atoms with Gasteiger partial charge in [-0.3, -0.25) is 0 Å². The molecule has 0 saturated heterocycles. The van der Waals surface area contributed by atoms with E-state index in [9.17, 15) is 0 Å². The molecule has 1 heterocycles. The van der Waals surface area contributed by atoms with Crippen molar-refractivity contribution in [2.75, 3.05) is 6.61 Å². The Morgan fingerprint density at radius 1 is 1.40 bits per heavy atom. The molecular formula is C7H8N2O. The molecule has 0 fully saturated rings. The van der Waals surface area contributed by atoms with Crippen LogP contribution >= 0.6 is 0 Å². The lowest BCUT2D eigenvalue weighted by molar-refractivity contribution is 0.343. The van der Waals surface area contributed by atoms with Gasteiger partial charge in [0.1, 0.15) is 0 Å². The smallest absolute Gasteiger partial charge is 0.151 e. The maximum Gasteiger partial charge on any atom is 0.151 e. The van der Waals surface area contributed by atoms with Crippen LogP contribution in [0.15, 0.2) is 24.5 Å². The fourth-order valence-corrected chi connectivity index (χ4v) is 0.555. The van der Waals surface area contributed by atoms with Crippen molar-refractivity contribution in [1.82, 2.24) is 9.97 Å². The zero-order valence-electron chi connectivity index (χ0n) is 5.44. The van der Waals surface area contributed by atoms with E-state index in [0.29, 0.717) is 5.82 Å². The Morgan fingerprint density at radius 3 is 2.70 bits per heavy atom. The average molecular weight is 136 g/mol. The molecule has 1 aromatic heterocycles. The third-order valence-electron chi connectivity index (χ3n) is 0.958. The van der Waals surface area contributed by atoms with E-state index in [1.807, 2.05) is 0 Å². The van der Waals surface area contributed by atoms with E-state index in [1.165, 1.54) is 0 Å². The van der Waals surface area contributed by atoms with Crippen molar-refractivity contribution in [2.24, 2.45) is 0 Å². The normalized spacial score (nSPS) is 10.5. The lowest BCUT2D eigenvalue weighted by Gasteiger charge is -1.86. The van der Waals surface area contributed by atoms with Gasteiger partial charge in [0.15, 0.2) is 5.82 Å². The summed E-state index contributed by atoms with van der Waals surface area (Å²) >= 11 is 0. The van der Waals surface area contributed by atoms with E-state index in [0.717, 1.165) is 0 Å². The SMILES string of the molecule is OC/C=C/c1ncccn1. The van der Waals surface area contributed by atoms with E-state index in [2.05, 4.69) is 9.97 Å². The minimum absolute atomic E-state index is 0.0260. The van der Waals surface area contributed by atoms with E-state index in [1.54, 1.807) is 30.6 Å². The summed E-state index contributed by atoms with van der Waals surface area (Å²) in [5.41, 5.74) is 0. The van der Waals surface area contributed by atoms with Crippen LogP contribution in [0.5, 0.6) is 0 Å². The molecule has 1 N–H and O–H groups in total. The maximum absolute atomic E-state index is 8.39. The van der Waals surface area contributed by atoms with Gasteiger partial charge in [-0.15, -0.1) is 0 Å². The summed E-state index contributed by atoms with van der Waals surface area (Å²) in [6, 6.07) is 1.75. The highest BCUT2D eigenvalue weighted by molar-refractivity contribution is 5.38. The number of aliphatic hydroxyl groups is 1. The summed E-state index contributed by atoms with van der Waals surface area (Å²) in [4.78, 5) is 7.81. The Hall–Kier alpha value is -1.22. The molecule has 0 bridgehead atoms.